The van der Waals surface area contributed by atoms with Gasteiger partial charge in [-0.25, -0.2) is 0 Å². The number of allylic oxidation sites excluding steroid dienone is 12. The van der Waals surface area contributed by atoms with Gasteiger partial charge in [-0.1, -0.05) is 36.5 Å². The van der Waals surface area contributed by atoms with Crippen molar-refractivity contribution < 1.29 is 14.3 Å². The summed E-state index contributed by atoms with van der Waals surface area (Å²) in [4.78, 5) is 12.6. The average molecular weight is 395 g/mol. The summed E-state index contributed by atoms with van der Waals surface area (Å²) in [6.07, 6.45) is 26.0. The molecule has 0 saturated carbocycles. The third kappa shape index (κ3) is 3.06. The lowest BCUT2D eigenvalue weighted by molar-refractivity contribution is -0.139. The normalized spacial score (nSPS) is 24.7. The van der Waals surface area contributed by atoms with Crippen LogP contribution in [0.1, 0.15) is 45.4 Å². The third-order valence-corrected chi connectivity index (χ3v) is 10.5. The van der Waals surface area contributed by atoms with Crippen molar-refractivity contribution >= 4 is 13.2 Å². The number of cyclic esters (lactones) is 1. The number of hydrogen-bond donors (Lipinski definition) is 0. The summed E-state index contributed by atoms with van der Waals surface area (Å²) >= 11 is 0. The van der Waals surface area contributed by atoms with Crippen LogP contribution in [0, 0.1) is 5.92 Å². The van der Waals surface area contributed by atoms with E-state index in [0.717, 1.165) is 49.8 Å². The molecule has 0 aromatic rings. The van der Waals surface area contributed by atoms with Crippen LogP contribution in [0.2, 0.25) is 0 Å². The molecule has 1 aliphatic heterocycles. The molecule has 4 aliphatic rings. The Labute approximate surface area is 168 Å². The number of esters is 1. The lowest BCUT2D eigenvalue weighted by atomic mass is 10.2. The Bertz CT molecular complexity index is 801. The molecule has 1 atom stereocenters. The van der Waals surface area contributed by atoms with E-state index in [2.05, 4.69) is 54.7 Å². The van der Waals surface area contributed by atoms with Crippen molar-refractivity contribution in [3.63, 3.8) is 0 Å². The molecule has 0 fully saturated rings. The van der Waals surface area contributed by atoms with Crippen LogP contribution in [-0.4, -0.2) is 13.1 Å². The Kier molecular flexibility index (Phi) is 5.55. The SMILES string of the molecule is COC1=C([P+](C2=CCC=CC2)(C2=CCC=CC2)C2=CCC=CC2)OC(=O)C1C. The second kappa shape index (κ2) is 8.09. The Balaban J connectivity index is 1.99. The molecule has 4 rings (SSSR count). The molecule has 0 amide bonds. The minimum Gasteiger partial charge on any atom is -0.493 e. The fourth-order valence-electron chi connectivity index (χ4n) is 4.55. The fourth-order valence-corrected chi connectivity index (χ4v) is 9.56. The van der Waals surface area contributed by atoms with Gasteiger partial charge in [0.1, 0.15) is 5.92 Å². The molecule has 3 nitrogen and oxygen atoms in total. The van der Waals surface area contributed by atoms with Crippen molar-refractivity contribution in [1.29, 1.82) is 0 Å². The number of carbonyl (C=O) groups is 1. The maximum absolute atomic E-state index is 12.6. The number of rotatable bonds is 5. The first-order valence-corrected chi connectivity index (χ1v) is 11.9. The molecular weight excluding hydrogens is 367 g/mol. The minimum absolute atomic E-state index is 0.193. The highest BCUT2D eigenvalue weighted by Crippen LogP contribution is 2.86. The molecule has 0 spiro atoms. The van der Waals surface area contributed by atoms with Gasteiger partial charge in [-0.15, -0.1) is 0 Å². The molecule has 1 unspecified atom stereocenters. The van der Waals surface area contributed by atoms with E-state index >= 15 is 0 Å². The summed E-state index contributed by atoms with van der Waals surface area (Å²) in [5, 5.41) is 4.22. The fraction of sp³-hybridized carbons (Fsp3) is 0.375. The standard InChI is InChI=1S/C24H28O3P/c1-18-22(26-2)24(27-23(18)25)28(19-12-6-3-7-13-19,20-14-8-4-9-15-20)21-16-10-5-11-17-21/h3-6,8,10,13,15,17-18H,7,9,11-12,14,16H2,1-2H3/q+1. The van der Waals surface area contributed by atoms with E-state index in [9.17, 15) is 4.79 Å². The molecule has 3 aliphatic carbocycles. The molecule has 146 valence electrons. The van der Waals surface area contributed by atoms with Gasteiger partial charge in [0.25, 0.3) is 0 Å². The first kappa shape index (κ1) is 19.2. The van der Waals surface area contributed by atoms with Gasteiger partial charge in [0.05, 0.1) is 23.1 Å². The maximum atomic E-state index is 12.6. The first-order chi connectivity index (χ1) is 13.7. The Morgan fingerprint density at radius 1 is 0.857 bits per heavy atom. The quantitative estimate of drug-likeness (QED) is 0.295. The topological polar surface area (TPSA) is 35.5 Å². The van der Waals surface area contributed by atoms with Crippen molar-refractivity contribution in [2.24, 2.45) is 5.92 Å². The van der Waals surface area contributed by atoms with E-state index in [0.29, 0.717) is 0 Å². The molecule has 0 bridgehead atoms. The highest BCUT2D eigenvalue weighted by Gasteiger charge is 2.60. The largest absolute Gasteiger partial charge is 0.493 e. The maximum Gasteiger partial charge on any atom is 0.324 e. The van der Waals surface area contributed by atoms with Crippen LogP contribution in [0.15, 0.2) is 81.9 Å². The highest BCUT2D eigenvalue weighted by atomic mass is 31.2. The predicted molar refractivity (Wildman–Crippen MR) is 116 cm³/mol. The summed E-state index contributed by atoms with van der Waals surface area (Å²) in [7, 11) is -0.508. The van der Waals surface area contributed by atoms with Crippen LogP contribution in [0.4, 0.5) is 0 Å². The lowest BCUT2D eigenvalue weighted by Gasteiger charge is -2.33. The monoisotopic (exact) mass is 395 g/mol. The number of hydrogen-bond acceptors (Lipinski definition) is 3. The zero-order valence-corrected chi connectivity index (χ0v) is 17.6. The summed E-state index contributed by atoms with van der Waals surface area (Å²) in [6.45, 7) is 1.89. The summed E-state index contributed by atoms with van der Waals surface area (Å²) in [5.41, 5.74) is 0.803. The Morgan fingerprint density at radius 3 is 1.68 bits per heavy atom. The van der Waals surface area contributed by atoms with E-state index in [4.69, 9.17) is 9.47 Å². The molecule has 28 heavy (non-hydrogen) atoms. The van der Waals surface area contributed by atoms with Gasteiger partial charge in [0.2, 0.25) is 0 Å². The van der Waals surface area contributed by atoms with E-state index in [-0.39, 0.29) is 11.9 Å². The minimum atomic E-state index is -2.18. The van der Waals surface area contributed by atoms with E-state index in [1.807, 2.05) is 6.92 Å². The summed E-state index contributed by atoms with van der Waals surface area (Å²) < 4.78 is 11.9. The first-order valence-electron chi connectivity index (χ1n) is 10.1. The number of methoxy groups -OCH3 is 1. The predicted octanol–water partition coefficient (Wildman–Crippen LogP) is 6.71. The van der Waals surface area contributed by atoms with Gasteiger partial charge >= 0.3 is 11.5 Å². The van der Waals surface area contributed by atoms with Crippen molar-refractivity contribution in [3.05, 3.63) is 81.9 Å². The van der Waals surface area contributed by atoms with Crippen LogP contribution in [-0.2, 0) is 14.3 Å². The van der Waals surface area contributed by atoms with Gasteiger partial charge in [-0.05, 0) is 44.4 Å². The molecule has 4 heteroatoms. The molecule has 1 heterocycles. The second-order valence-corrected chi connectivity index (χ2v) is 11.0. The van der Waals surface area contributed by atoms with Crippen molar-refractivity contribution in [2.75, 3.05) is 7.11 Å². The molecule has 0 aromatic carbocycles. The van der Waals surface area contributed by atoms with Gasteiger partial charge in [0, 0.05) is 19.3 Å². The molecule has 0 N–H and O–H groups in total. The smallest absolute Gasteiger partial charge is 0.324 e. The zero-order valence-electron chi connectivity index (χ0n) is 16.7. The number of carbonyl (C=O) groups excluding carboxylic acids is 1. The Hall–Kier alpha value is -2.12. The lowest BCUT2D eigenvalue weighted by Crippen LogP contribution is -2.12. The van der Waals surface area contributed by atoms with Crippen LogP contribution in [0.3, 0.4) is 0 Å². The van der Waals surface area contributed by atoms with Crippen molar-refractivity contribution in [1.82, 2.24) is 0 Å². The molecule has 0 saturated heterocycles. The van der Waals surface area contributed by atoms with Crippen LogP contribution < -0.4 is 0 Å². The van der Waals surface area contributed by atoms with E-state index in [1.54, 1.807) is 7.11 Å². The van der Waals surface area contributed by atoms with Gasteiger partial charge in [-0.2, -0.15) is 0 Å². The zero-order chi connectivity index (χ0) is 19.6. The van der Waals surface area contributed by atoms with Crippen LogP contribution >= 0.6 is 7.26 Å². The Morgan fingerprint density at radius 2 is 1.32 bits per heavy atom. The van der Waals surface area contributed by atoms with Crippen molar-refractivity contribution in [3.8, 4) is 0 Å². The van der Waals surface area contributed by atoms with E-state index < -0.39 is 7.26 Å². The summed E-state index contributed by atoms with van der Waals surface area (Å²) in [6, 6.07) is 0. The summed E-state index contributed by atoms with van der Waals surface area (Å²) in [5.74, 6) is 0.181. The molecule has 0 radical (unpaired) electrons. The second-order valence-electron chi connectivity index (χ2n) is 7.51. The number of ether oxygens (including phenoxy) is 2. The van der Waals surface area contributed by atoms with Gasteiger partial charge in [-0.3, -0.25) is 4.79 Å². The van der Waals surface area contributed by atoms with Gasteiger partial charge in [0.15, 0.2) is 13.0 Å². The molecular formula is C24H28O3P+. The van der Waals surface area contributed by atoms with Crippen molar-refractivity contribution in [2.45, 2.75) is 45.4 Å². The van der Waals surface area contributed by atoms with Crippen LogP contribution in [0.5, 0.6) is 0 Å². The van der Waals surface area contributed by atoms with Gasteiger partial charge < -0.3 is 9.47 Å². The van der Waals surface area contributed by atoms with Crippen LogP contribution in [0.25, 0.3) is 0 Å². The third-order valence-electron chi connectivity index (χ3n) is 5.92. The highest BCUT2D eigenvalue weighted by molar-refractivity contribution is 7.90. The molecule has 0 aromatic heterocycles. The van der Waals surface area contributed by atoms with E-state index in [1.165, 1.54) is 15.9 Å². The average Bonchev–Trinajstić information content (AvgIpc) is 3.05.